The van der Waals surface area contributed by atoms with Crippen molar-refractivity contribution in [2.45, 2.75) is 50.1 Å². The summed E-state index contributed by atoms with van der Waals surface area (Å²) in [6, 6.07) is 3.45. The van der Waals surface area contributed by atoms with E-state index in [1.165, 1.54) is 31.7 Å². The molecule has 0 aromatic heterocycles. The Morgan fingerprint density at radius 1 is 1.26 bits per heavy atom. The van der Waals surface area contributed by atoms with Crippen LogP contribution in [0, 0.1) is 5.92 Å². The number of halogens is 3. The van der Waals surface area contributed by atoms with Crippen LogP contribution >= 0.6 is 0 Å². The van der Waals surface area contributed by atoms with Crippen molar-refractivity contribution in [1.29, 1.82) is 0 Å². The SMILES string of the molecule is C/C(=C\CC1CCCC1)c1ccc(S(C)(=O)=O)c(C(F)(F)F)c1. The van der Waals surface area contributed by atoms with E-state index in [1.807, 2.05) is 6.08 Å². The second-order valence-corrected chi connectivity index (χ2v) is 8.24. The Hall–Kier alpha value is -1.30. The number of benzene rings is 1. The van der Waals surface area contributed by atoms with E-state index in [0.717, 1.165) is 30.4 Å². The minimum Gasteiger partial charge on any atom is -0.224 e. The molecule has 1 aromatic carbocycles. The first-order valence-electron chi connectivity index (χ1n) is 7.67. The lowest BCUT2D eigenvalue weighted by Gasteiger charge is -2.14. The van der Waals surface area contributed by atoms with Gasteiger partial charge in [0.25, 0.3) is 0 Å². The Balaban J connectivity index is 2.34. The maximum Gasteiger partial charge on any atom is 0.417 e. The maximum absolute atomic E-state index is 13.2. The van der Waals surface area contributed by atoms with E-state index < -0.39 is 26.5 Å². The molecule has 0 N–H and O–H groups in total. The largest absolute Gasteiger partial charge is 0.417 e. The first-order chi connectivity index (χ1) is 10.6. The van der Waals surface area contributed by atoms with Gasteiger partial charge in [0.15, 0.2) is 9.84 Å². The van der Waals surface area contributed by atoms with Gasteiger partial charge in [-0.3, -0.25) is 0 Å². The minimum absolute atomic E-state index is 0.419. The first kappa shape index (κ1) is 18.0. The van der Waals surface area contributed by atoms with Crippen molar-refractivity contribution >= 4 is 15.4 Å². The molecular weight excluding hydrogens is 325 g/mol. The van der Waals surface area contributed by atoms with Crippen LogP contribution in [0.2, 0.25) is 0 Å². The predicted octanol–water partition coefficient (Wildman–Crippen LogP) is 5.09. The maximum atomic E-state index is 13.2. The van der Waals surface area contributed by atoms with Crippen molar-refractivity contribution in [2.75, 3.05) is 6.26 Å². The molecule has 1 fully saturated rings. The van der Waals surface area contributed by atoms with Crippen molar-refractivity contribution in [3.63, 3.8) is 0 Å². The molecule has 0 heterocycles. The topological polar surface area (TPSA) is 34.1 Å². The molecule has 23 heavy (non-hydrogen) atoms. The number of allylic oxidation sites excluding steroid dienone is 2. The van der Waals surface area contributed by atoms with Crippen LogP contribution in [-0.4, -0.2) is 14.7 Å². The fourth-order valence-electron chi connectivity index (χ4n) is 3.03. The molecule has 128 valence electrons. The lowest BCUT2D eigenvalue weighted by atomic mass is 9.98. The molecule has 0 spiro atoms. The average Bonchev–Trinajstić information content (AvgIpc) is 2.95. The van der Waals surface area contributed by atoms with Gasteiger partial charge in [-0.15, -0.1) is 0 Å². The molecule has 0 atom stereocenters. The third kappa shape index (κ3) is 4.59. The molecule has 0 amide bonds. The summed E-state index contributed by atoms with van der Waals surface area (Å²) in [4.78, 5) is -0.669. The van der Waals surface area contributed by atoms with Gasteiger partial charge >= 0.3 is 6.18 Å². The Bertz CT molecular complexity index is 697. The highest BCUT2D eigenvalue weighted by Gasteiger charge is 2.36. The zero-order chi connectivity index (χ0) is 17.3. The molecule has 0 bridgehead atoms. The number of hydrogen-bond donors (Lipinski definition) is 0. The number of sulfone groups is 1. The van der Waals surface area contributed by atoms with Crippen LogP contribution < -0.4 is 0 Å². The molecule has 0 unspecified atom stereocenters. The highest BCUT2D eigenvalue weighted by atomic mass is 32.2. The van der Waals surface area contributed by atoms with Gasteiger partial charge in [0.1, 0.15) is 0 Å². The van der Waals surface area contributed by atoms with Crippen molar-refractivity contribution in [2.24, 2.45) is 5.92 Å². The molecule has 1 aliphatic rings. The second-order valence-electron chi connectivity index (χ2n) is 6.25. The predicted molar refractivity (Wildman–Crippen MR) is 84.8 cm³/mol. The van der Waals surface area contributed by atoms with Gasteiger partial charge in [0.05, 0.1) is 10.5 Å². The highest BCUT2D eigenvalue weighted by Crippen LogP contribution is 2.36. The van der Waals surface area contributed by atoms with Gasteiger partial charge in [0.2, 0.25) is 0 Å². The van der Waals surface area contributed by atoms with Gasteiger partial charge in [-0.25, -0.2) is 8.42 Å². The van der Waals surface area contributed by atoms with Gasteiger partial charge in [-0.2, -0.15) is 13.2 Å². The van der Waals surface area contributed by atoms with Crippen LogP contribution in [0.5, 0.6) is 0 Å². The minimum atomic E-state index is -4.69. The van der Waals surface area contributed by atoms with Crippen molar-refractivity contribution < 1.29 is 21.6 Å². The summed E-state index contributed by atoms with van der Waals surface area (Å²) in [5, 5.41) is 0. The van der Waals surface area contributed by atoms with Crippen molar-refractivity contribution in [1.82, 2.24) is 0 Å². The van der Waals surface area contributed by atoms with Crippen molar-refractivity contribution in [3.05, 3.63) is 35.4 Å². The number of hydrogen-bond acceptors (Lipinski definition) is 2. The molecule has 1 saturated carbocycles. The van der Waals surface area contributed by atoms with E-state index in [0.29, 0.717) is 11.5 Å². The zero-order valence-electron chi connectivity index (χ0n) is 13.3. The highest BCUT2D eigenvalue weighted by molar-refractivity contribution is 7.90. The van der Waals surface area contributed by atoms with Crippen LogP contribution in [0.15, 0.2) is 29.2 Å². The van der Waals surface area contributed by atoms with E-state index in [1.54, 1.807) is 6.92 Å². The van der Waals surface area contributed by atoms with Crippen molar-refractivity contribution in [3.8, 4) is 0 Å². The van der Waals surface area contributed by atoms with E-state index >= 15 is 0 Å². The third-order valence-electron chi connectivity index (χ3n) is 4.37. The van der Waals surface area contributed by atoms with E-state index in [9.17, 15) is 21.6 Å². The zero-order valence-corrected chi connectivity index (χ0v) is 14.1. The Morgan fingerprint density at radius 2 is 1.87 bits per heavy atom. The summed E-state index contributed by atoms with van der Waals surface area (Å²) in [6.45, 7) is 1.77. The van der Waals surface area contributed by atoms with Gasteiger partial charge in [0, 0.05) is 6.26 Å². The molecule has 0 saturated heterocycles. The molecule has 2 nitrogen and oxygen atoms in total. The monoisotopic (exact) mass is 346 g/mol. The Kier molecular flexibility index (Phi) is 5.23. The smallest absolute Gasteiger partial charge is 0.224 e. The Labute approximate surface area is 135 Å². The van der Waals surface area contributed by atoms with Gasteiger partial charge in [-0.1, -0.05) is 37.8 Å². The quantitative estimate of drug-likeness (QED) is 0.761. The Morgan fingerprint density at radius 3 is 2.39 bits per heavy atom. The van der Waals surface area contributed by atoms with Crippen LogP contribution in [0.1, 0.15) is 50.2 Å². The molecule has 1 aliphatic carbocycles. The summed E-state index contributed by atoms with van der Waals surface area (Å²) in [7, 11) is -3.92. The third-order valence-corrected chi connectivity index (χ3v) is 5.53. The summed E-state index contributed by atoms with van der Waals surface area (Å²) in [5.74, 6) is 0.613. The summed E-state index contributed by atoms with van der Waals surface area (Å²) in [6.07, 6.45) is 3.71. The lowest BCUT2D eigenvalue weighted by Crippen LogP contribution is -2.13. The van der Waals surface area contributed by atoms with E-state index in [2.05, 4.69) is 0 Å². The summed E-state index contributed by atoms with van der Waals surface area (Å²) in [5.41, 5.74) is 0.0799. The average molecular weight is 346 g/mol. The fraction of sp³-hybridized carbons (Fsp3) is 0.529. The van der Waals surface area contributed by atoms with E-state index in [-0.39, 0.29) is 0 Å². The molecule has 1 aromatic rings. The molecule has 6 heteroatoms. The first-order valence-corrected chi connectivity index (χ1v) is 9.56. The second kappa shape index (κ2) is 6.67. The summed E-state index contributed by atoms with van der Waals surface area (Å²) >= 11 is 0. The number of alkyl halides is 3. The molecule has 2 rings (SSSR count). The number of rotatable bonds is 4. The van der Waals surface area contributed by atoms with Crippen LogP contribution in [0.25, 0.3) is 5.57 Å². The fourth-order valence-corrected chi connectivity index (χ4v) is 3.92. The van der Waals surface area contributed by atoms with Crippen LogP contribution in [0.4, 0.5) is 13.2 Å². The normalized spacial score (nSPS) is 17.7. The van der Waals surface area contributed by atoms with Gasteiger partial charge in [-0.05, 0) is 42.5 Å². The molecule has 0 aliphatic heterocycles. The standard InChI is InChI=1S/C17H21F3O2S/c1-12(7-8-13-5-3-4-6-13)14-9-10-16(23(2,21)22)15(11-14)17(18,19)20/h7,9-11,13H,3-6,8H2,1-2H3/b12-7+. The molecular formula is C17H21F3O2S. The van der Waals surface area contributed by atoms with Gasteiger partial charge < -0.3 is 0 Å². The lowest BCUT2D eigenvalue weighted by molar-refractivity contribution is -0.139. The molecule has 0 radical (unpaired) electrons. The van der Waals surface area contributed by atoms with Crippen LogP contribution in [0.3, 0.4) is 0 Å². The summed E-state index contributed by atoms with van der Waals surface area (Å²) < 4.78 is 62.6. The van der Waals surface area contributed by atoms with Crippen LogP contribution in [-0.2, 0) is 16.0 Å². The van der Waals surface area contributed by atoms with E-state index in [4.69, 9.17) is 0 Å².